The second kappa shape index (κ2) is 4.35. The molecule has 74 valence electrons. The van der Waals surface area contributed by atoms with Gasteiger partial charge >= 0.3 is 0 Å². The van der Waals surface area contributed by atoms with Crippen molar-refractivity contribution in [2.24, 2.45) is 5.11 Å². The summed E-state index contributed by atoms with van der Waals surface area (Å²) in [6.07, 6.45) is 5.70. The molecular formula is C11H10N4. The lowest BCUT2D eigenvalue weighted by molar-refractivity contribution is 1.22. The van der Waals surface area contributed by atoms with E-state index < -0.39 is 0 Å². The molecule has 0 fully saturated rings. The fourth-order valence-corrected chi connectivity index (χ4v) is 1.45. The predicted molar refractivity (Wildman–Crippen MR) is 61.3 cm³/mol. The fourth-order valence-electron chi connectivity index (χ4n) is 1.45. The van der Waals surface area contributed by atoms with Crippen molar-refractivity contribution in [3.8, 4) is 0 Å². The Morgan fingerprint density at radius 1 is 1.40 bits per heavy atom. The van der Waals surface area contributed by atoms with Gasteiger partial charge in [0, 0.05) is 23.2 Å². The summed E-state index contributed by atoms with van der Waals surface area (Å²) in [6, 6.07) is 8.16. The van der Waals surface area contributed by atoms with E-state index in [4.69, 9.17) is 5.53 Å². The largest absolute Gasteiger partial charge is 0.361 e. The van der Waals surface area contributed by atoms with Gasteiger partial charge in [-0.15, -0.1) is 0 Å². The summed E-state index contributed by atoms with van der Waals surface area (Å²) in [7, 11) is 0. The molecule has 0 amide bonds. The lowest BCUT2D eigenvalue weighted by Gasteiger charge is -1.93. The van der Waals surface area contributed by atoms with E-state index in [1.54, 1.807) is 0 Å². The molecule has 1 aromatic heterocycles. The maximum Gasteiger partial charge on any atom is 0.0454 e. The molecule has 4 nitrogen and oxygen atoms in total. The van der Waals surface area contributed by atoms with Crippen LogP contribution in [0.3, 0.4) is 0 Å². The number of aromatic amines is 1. The van der Waals surface area contributed by atoms with Gasteiger partial charge in [0.2, 0.25) is 0 Å². The topological polar surface area (TPSA) is 64.6 Å². The van der Waals surface area contributed by atoms with E-state index in [2.05, 4.69) is 21.1 Å². The molecule has 1 N–H and O–H groups in total. The van der Waals surface area contributed by atoms with Crippen molar-refractivity contribution in [3.63, 3.8) is 0 Å². The Morgan fingerprint density at radius 2 is 2.33 bits per heavy atom. The van der Waals surface area contributed by atoms with Crippen molar-refractivity contribution in [1.29, 1.82) is 0 Å². The zero-order chi connectivity index (χ0) is 10.5. The standard InChI is InChI=1S/C11H10N4/c12-15-14-6-1-2-9-3-4-11-10(8-9)5-7-13-11/h1-5,7-8,13H,6H2. The van der Waals surface area contributed by atoms with Crippen LogP contribution in [0.1, 0.15) is 5.56 Å². The molecule has 1 aromatic carbocycles. The SMILES string of the molecule is [N-]=[N+]=NCC=Cc1ccc2[nH]ccc2c1. The van der Waals surface area contributed by atoms with Gasteiger partial charge in [-0.25, -0.2) is 0 Å². The summed E-state index contributed by atoms with van der Waals surface area (Å²) >= 11 is 0. The molecule has 0 saturated carbocycles. The van der Waals surface area contributed by atoms with Crippen molar-refractivity contribution in [3.05, 3.63) is 52.5 Å². The van der Waals surface area contributed by atoms with Gasteiger partial charge in [-0.1, -0.05) is 23.3 Å². The highest BCUT2D eigenvalue weighted by atomic mass is 15.1. The fraction of sp³-hybridized carbons (Fsp3) is 0.0909. The van der Waals surface area contributed by atoms with Crippen LogP contribution in [0.25, 0.3) is 27.4 Å². The van der Waals surface area contributed by atoms with Gasteiger partial charge in [0.05, 0.1) is 0 Å². The Morgan fingerprint density at radius 3 is 3.20 bits per heavy atom. The summed E-state index contributed by atoms with van der Waals surface area (Å²) in [5, 5.41) is 4.61. The van der Waals surface area contributed by atoms with Crippen LogP contribution in [0.5, 0.6) is 0 Å². The number of hydrogen-bond acceptors (Lipinski definition) is 1. The smallest absolute Gasteiger partial charge is 0.0454 e. The summed E-state index contributed by atoms with van der Waals surface area (Å²) in [5.74, 6) is 0. The van der Waals surface area contributed by atoms with E-state index in [0.717, 1.165) is 11.1 Å². The third kappa shape index (κ3) is 2.18. The summed E-state index contributed by atoms with van der Waals surface area (Å²) in [6.45, 7) is 0.391. The molecule has 0 spiro atoms. The maximum absolute atomic E-state index is 8.10. The first-order valence-electron chi connectivity index (χ1n) is 4.65. The molecule has 15 heavy (non-hydrogen) atoms. The van der Waals surface area contributed by atoms with Gasteiger partial charge in [-0.05, 0) is 34.7 Å². The minimum atomic E-state index is 0.391. The molecule has 1 heterocycles. The van der Waals surface area contributed by atoms with E-state index in [0.29, 0.717) is 6.54 Å². The van der Waals surface area contributed by atoms with Gasteiger partial charge in [-0.2, -0.15) is 0 Å². The average molecular weight is 198 g/mol. The first-order chi connectivity index (χ1) is 7.40. The van der Waals surface area contributed by atoms with E-state index in [1.807, 2.05) is 36.5 Å². The minimum absolute atomic E-state index is 0.391. The lowest BCUT2D eigenvalue weighted by atomic mass is 10.1. The molecule has 0 bridgehead atoms. The van der Waals surface area contributed by atoms with E-state index in [1.165, 1.54) is 5.39 Å². The summed E-state index contributed by atoms with van der Waals surface area (Å²) in [4.78, 5) is 5.81. The van der Waals surface area contributed by atoms with Crippen LogP contribution in [0, 0.1) is 0 Å². The van der Waals surface area contributed by atoms with Gasteiger partial charge in [0.1, 0.15) is 0 Å². The Kier molecular flexibility index (Phi) is 2.72. The van der Waals surface area contributed by atoms with Crippen molar-refractivity contribution in [2.75, 3.05) is 6.54 Å². The Bertz CT molecular complexity index is 532. The van der Waals surface area contributed by atoms with Crippen LogP contribution in [0.4, 0.5) is 0 Å². The highest BCUT2D eigenvalue weighted by Crippen LogP contribution is 2.14. The van der Waals surface area contributed by atoms with Crippen LogP contribution in [-0.4, -0.2) is 11.5 Å². The molecule has 4 heteroatoms. The minimum Gasteiger partial charge on any atom is -0.361 e. The number of benzene rings is 1. The molecule has 0 saturated heterocycles. The van der Waals surface area contributed by atoms with Crippen LogP contribution in [-0.2, 0) is 0 Å². The highest BCUT2D eigenvalue weighted by Gasteiger charge is 1.93. The van der Waals surface area contributed by atoms with Crippen molar-refractivity contribution in [1.82, 2.24) is 4.98 Å². The highest BCUT2D eigenvalue weighted by molar-refractivity contribution is 5.81. The number of nitrogens with zero attached hydrogens (tertiary/aromatic N) is 3. The van der Waals surface area contributed by atoms with Crippen LogP contribution < -0.4 is 0 Å². The normalized spacial score (nSPS) is 10.7. The van der Waals surface area contributed by atoms with E-state index in [-0.39, 0.29) is 0 Å². The van der Waals surface area contributed by atoms with Crippen LogP contribution >= 0.6 is 0 Å². The van der Waals surface area contributed by atoms with Gasteiger partial charge in [0.15, 0.2) is 0 Å². The van der Waals surface area contributed by atoms with E-state index >= 15 is 0 Å². The monoisotopic (exact) mass is 198 g/mol. The van der Waals surface area contributed by atoms with Gasteiger partial charge in [-0.3, -0.25) is 0 Å². The number of nitrogens with one attached hydrogen (secondary N) is 1. The maximum atomic E-state index is 8.10. The number of fused-ring (bicyclic) bond motifs is 1. The molecule has 0 radical (unpaired) electrons. The molecule has 2 rings (SSSR count). The van der Waals surface area contributed by atoms with Crippen LogP contribution in [0.15, 0.2) is 41.7 Å². The van der Waals surface area contributed by atoms with Gasteiger partial charge in [0.25, 0.3) is 0 Å². The summed E-state index contributed by atoms with van der Waals surface area (Å²) in [5.41, 5.74) is 10.3. The number of azide groups is 1. The molecule has 0 aliphatic heterocycles. The molecule has 0 atom stereocenters. The first-order valence-corrected chi connectivity index (χ1v) is 4.65. The van der Waals surface area contributed by atoms with E-state index in [9.17, 15) is 0 Å². The molecule has 2 aromatic rings. The third-order valence-corrected chi connectivity index (χ3v) is 2.14. The Labute approximate surface area is 86.9 Å². The van der Waals surface area contributed by atoms with Crippen molar-refractivity contribution < 1.29 is 0 Å². The molecule has 0 aliphatic carbocycles. The average Bonchev–Trinajstić information content (AvgIpc) is 2.71. The number of H-pyrrole nitrogens is 1. The molecule has 0 aliphatic rings. The number of aromatic nitrogens is 1. The second-order valence-electron chi connectivity index (χ2n) is 3.14. The number of rotatable bonds is 3. The Hall–Kier alpha value is -2.19. The molecule has 0 unspecified atom stereocenters. The summed E-state index contributed by atoms with van der Waals surface area (Å²) < 4.78 is 0. The van der Waals surface area contributed by atoms with Gasteiger partial charge < -0.3 is 4.98 Å². The Balaban J connectivity index is 2.20. The zero-order valence-corrected chi connectivity index (χ0v) is 8.09. The number of hydrogen-bond donors (Lipinski definition) is 1. The van der Waals surface area contributed by atoms with Crippen LogP contribution in [0.2, 0.25) is 0 Å². The third-order valence-electron chi connectivity index (χ3n) is 2.14. The van der Waals surface area contributed by atoms with Crippen molar-refractivity contribution >= 4 is 17.0 Å². The van der Waals surface area contributed by atoms with Crippen molar-refractivity contribution in [2.45, 2.75) is 0 Å². The predicted octanol–water partition coefficient (Wildman–Crippen LogP) is 3.49. The first kappa shape index (κ1) is 9.37. The molecular weight excluding hydrogens is 188 g/mol. The quantitative estimate of drug-likeness (QED) is 0.445. The second-order valence-corrected chi connectivity index (χ2v) is 3.14. The lowest BCUT2D eigenvalue weighted by Crippen LogP contribution is -1.73. The zero-order valence-electron chi connectivity index (χ0n) is 8.09.